The molecule has 2 aliphatic rings. The Hall–Kier alpha value is -1.04. The number of nitrogens with one attached hydrogen (secondary N) is 1. The van der Waals surface area contributed by atoms with Crippen LogP contribution in [0.4, 0.5) is 5.95 Å². The molecule has 5 nitrogen and oxygen atoms in total. The maximum Gasteiger partial charge on any atom is 0.216 e. The molecule has 3 rings (SSSR count). The Kier molecular flexibility index (Phi) is 2.33. The smallest absolute Gasteiger partial charge is 0.216 e. The maximum absolute atomic E-state index is 12.6. The molecule has 2 fully saturated rings. The number of fused-ring (bicyclic) bond motifs is 2. The van der Waals surface area contributed by atoms with Gasteiger partial charge in [0.25, 0.3) is 0 Å². The van der Waals surface area contributed by atoms with Gasteiger partial charge in [-0.3, -0.25) is 4.79 Å². The highest BCUT2D eigenvalue weighted by Gasteiger charge is 2.66. The van der Waals surface area contributed by atoms with Crippen molar-refractivity contribution in [2.45, 2.75) is 44.0 Å². The van der Waals surface area contributed by atoms with E-state index in [1.807, 2.05) is 0 Å². The van der Waals surface area contributed by atoms with Crippen molar-refractivity contribution in [2.24, 2.45) is 16.7 Å². The van der Waals surface area contributed by atoms with Gasteiger partial charge < -0.3 is 5.73 Å². The van der Waals surface area contributed by atoms with E-state index in [-0.39, 0.29) is 16.1 Å². The first-order chi connectivity index (χ1) is 8.36. The Morgan fingerprint density at radius 2 is 2.17 bits per heavy atom. The van der Waals surface area contributed by atoms with E-state index < -0.39 is 0 Å². The van der Waals surface area contributed by atoms with E-state index in [4.69, 9.17) is 5.73 Å². The Labute approximate surface area is 110 Å². The Bertz CT molecular complexity index is 512. The van der Waals surface area contributed by atoms with Crippen LogP contribution in [0, 0.1) is 16.7 Å². The van der Waals surface area contributed by atoms with Crippen molar-refractivity contribution in [1.29, 1.82) is 0 Å². The molecule has 18 heavy (non-hydrogen) atoms. The summed E-state index contributed by atoms with van der Waals surface area (Å²) in [7, 11) is 0. The van der Waals surface area contributed by atoms with Gasteiger partial charge in [0.2, 0.25) is 11.1 Å². The van der Waals surface area contributed by atoms with Crippen LogP contribution in [-0.2, 0) is 4.79 Å². The van der Waals surface area contributed by atoms with Gasteiger partial charge in [-0.05, 0) is 24.2 Å². The number of hydrogen-bond donors (Lipinski definition) is 2. The summed E-state index contributed by atoms with van der Waals surface area (Å²) in [5.74, 6) is 1.08. The maximum atomic E-state index is 12.6. The van der Waals surface area contributed by atoms with E-state index in [1.165, 1.54) is 11.8 Å². The Morgan fingerprint density at radius 1 is 1.44 bits per heavy atom. The third-order valence-electron chi connectivity index (χ3n) is 5.19. The molecule has 98 valence electrons. The van der Waals surface area contributed by atoms with E-state index in [0.29, 0.717) is 22.8 Å². The lowest BCUT2D eigenvalue weighted by Crippen LogP contribution is -2.34. The van der Waals surface area contributed by atoms with Crippen LogP contribution in [0.15, 0.2) is 5.16 Å². The van der Waals surface area contributed by atoms with Gasteiger partial charge in [0.15, 0.2) is 5.78 Å². The zero-order valence-corrected chi connectivity index (χ0v) is 11.7. The molecular formula is C12H18N4OS. The summed E-state index contributed by atoms with van der Waals surface area (Å²) in [5, 5.41) is 7.20. The first-order valence-corrected chi connectivity index (χ1v) is 7.13. The first-order valence-electron chi connectivity index (χ1n) is 6.25. The number of rotatable bonds is 2. The molecule has 6 heteroatoms. The number of aromatic amines is 1. The molecule has 3 atom stereocenters. The zero-order chi connectivity index (χ0) is 13.1. The average molecular weight is 266 g/mol. The lowest BCUT2D eigenvalue weighted by Gasteiger charge is -2.32. The Morgan fingerprint density at radius 3 is 2.67 bits per heavy atom. The quantitative estimate of drug-likeness (QED) is 0.853. The van der Waals surface area contributed by atoms with Crippen LogP contribution in [0.3, 0.4) is 0 Å². The number of thioether (sulfide) groups is 1. The summed E-state index contributed by atoms with van der Waals surface area (Å²) in [6.07, 6.45) is 2.13. The number of ketones is 1. The van der Waals surface area contributed by atoms with Crippen molar-refractivity contribution >= 4 is 23.5 Å². The van der Waals surface area contributed by atoms with Gasteiger partial charge in [0.1, 0.15) is 0 Å². The summed E-state index contributed by atoms with van der Waals surface area (Å²) < 4.78 is 0. The predicted molar refractivity (Wildman–Crippen MR) is 70.1 cm³/mol. The fourth-order valence-electron chi connectivity index (χ4n) is 3.56. The van der Waals surface area contributed by atoms with E-state index in [9.17, 15) is 4.79 Å². The van der Waals surface area contributed by atoms with Crippen molar-refractivity contribution in [3.05, 3.63) is 0 Å². The van der Waals surface area contributed by atoms with E-state index in [0.717, 1.165) is 12.8 Å². The van der Waals surface area contributed by atoms with Gasteiger partial charge in [-0.1, -0.05) is 32.5 Å². The number of H-pyrrole nitrogens is 1. The van der Waals surface area contributed by atoms with Crippen LogP contribution in [0.5, 0.6) is 0 Å². The normalized spacial score (nSPS) is 37.4. The minimum absolute atomic E-state index is 0.0195. The molecule has 2 saturated carbocycles. The van der Waals surface area contributed by atoms with Crippen molar-refractivity contribution in [3.63, 3.8) is 0 Å². The number of nitrogens with zero attached hydrogens (tertiary/aromatic N) is 2. The molecule has 0 aromatic carbocycles. The van der Waals surface area contributed by atoms with E-state index >= 15 is 0 Å². The highest BCUT2D eigenvalue weighted by molar-refractivity contribution is 8.00. The van der Waals surface area contributed by atoms with Crippen LogP contribution < -0.4 is 5.73 Å². The summed E-state index contributed by atoms with van der Waals surface area (Å²) in [6, 6.07) is 0. The van der Waals surface area contributed by atoms with E-state index in [1.54, 1.807) is 0 Å². The standard InChI is InChI=1S/C12H18N4OS/c1-11(2)6-4-5-12(11,3)8(17)7(6)18-10-14-9(13)15-16-10/h6-7H,4-5H2,1-3H3,(H3,13,14,15,16)/t6-,7-,12+/m1/s1. The molecule has 2 bridgehead atoms. The van der Waals surface area contributed by atoms with Crippen molar-refractivity contribution in [3.8, 4) is 0 Å². The minimum Gasteiger partial charge on any atom is -0.368 e. The van der Waals surface area contributed by atoms with Crippen LogP contribution in [0.2, 0.25) is 0 Å². The number of aromatic nitrogens is 3. The van der Waals surface area contributed by atoms with Gasteiger partial charge in [-0.15, -0.1) is 5.10 Å². The number of carbonyl (C=O) groups is 1. The van der Waals surface area contributed by atoms with Crippen LogP contribution in [0.1, 0.15) is 33.6 Å². The highest BCUT2D eigenvalue weighted by atomic mass is 32.2. The summed E-state index contributed by atoms with van der Waals surface area (Å²) in [6.45, 7) is 6.55. The number of Topliss-reactive ketones (excluding diaryl/α,β-unsaturated/α-hetero) is 1. The predicted octanol–water partition coefficient (Wildman–Crippen LogP) is 1.87. The van der Waals surface area contributed by atoms with Crippen molar-refractivity contribution in [2.75, 3.05) is 5.73 Å². The van der Waals surface area contributed by atoms with Gasteiger partial charge in [0, 0.05) is 5.41 Å². The SMILES string of the molecule is CC1(C)[C@@H]2CC[C@@]1(C)C(=O)[C@@H]2Sc1n[nH]c(N)n1. The van der Waals surface area contributed by atoms with Crippen LogP contribution in [0.25, 0.3) is 0 Å². The lowest BCUT2D eigenvalue weighted by atomic mass is 9.70. The molecule has 0 aliphatic heterocycles. The van der Waals surface area contributed by atoms with Gasteiger partial charge in [-0.25, -0.2) is 5.10 Å². The number of anilines is 1. The number of hydrogen-bond acceptors (Lipinski definition) is 5. The topological polar surface area (TPSA) is 84.7 Å². The molecule has 1 aromatic heterocycles. The molecule has 1 heterocycles. The summed E-state index contributed by atoms with van der Waals surface area (Å²) >= 11 is 1.46. The van der Waals surface area contributed by atoms with Crippen LogP contribution >= 0.6 is 11.8 Å². The number of carbonyl (C=O) groups excluding carboxylic acids is 1. The second kappa shape index (κ2) is 3.50. The number of nitrogens with two attached hydrogens (primary N) is 1. The molecule has 3 N–H and O–H groups in total. The fraction of sp³-hybridized carbons (Fsp3) is 0.750. The van der Waals surface area contributed by atoms with Gasteiger partial charge in [0.05, 0.1) is 5.25 Å². The van der Waals surface area contributed by atoms with Gasteiger partial charge in [-0.2, -0.15) is 4.98 Å². The van der Waals surface area contributed by atoms with Gasteiger partial charge >= 0.3 is 0 Å². The zero-order valence-electron chi connectivity index (χ0n) is 10.9. The monoisotopic (exact) mass is 266 g/mol. The molecule has 0 unspecified atom stereocenters. The molecular weight excluding hydrogens is 248 g/mol. The molecule has 0 radical (unpaired) electrons. The molecule has 2 aliphatic carbocycles. The first kappa shape index (κ1) is 12.0. The molecule has 0 spiro atoms. The average Bonchev–Trinajstić information content (AvgIpc) is 2.83. The summed E-state index contributed by atoms with van der Waals surface area (Å²) in [5.41, 5.74) is 5.40. The minimum atomic E-state index is -0.183. The molecule has 0 amide bonds. The second-order valence-corrected chi connectivity index (χ2v) is 7.21. The second-order valence-electron chi connectivity index (χ2n) is 6.10. The number of nitrogen functional groups attached to an aromatic ring is 1. The van der Waals surface area contributed by atoms with Crippen molar-refractivity contribution in [1.82, 2.24) is 15.2 Å². The van der Waals surface area contributed by atoms with Crippen LogP contribution in [-0.4, -0.2) is 26.2 Å². The third-order valence-corrected chi connectivity index (χ3v) is 6.38. The molecule has 0 saturated heterocycles. The largest absolute Gasteiger partial charge is 0.368 e. The third kappa shape index (κ3) is 1.32. The fourth-order valence-corrected chi connectivity index (χ4v) is 5.05. The lowest BCUT2D eigenvalue weighted by molar-refractivity contribution is -0.127. The van der Waals surface area contributed by atoms with E-state index in [2.05, 4.69) is 36.0 Å². The highest BCUT2D eigenvalue weighted by Crippen LogP contribution is 2.66. The summed E-state index contributed by atoms with van der Waals surface area (Å²) in [4.78, 5) is 16.7. The Balaban J connectivity index is 1.89. The van der Waals surface area contributed by atoms with Crippen molar-refractivity contribution < 1.29 is 4.79 Å². The molecule has 1 aromatic rings.